The standard InChI is InChI=1S/C11H10N2OS/c12-11-7-8(3-4-13-11)6-9(14)10-2-1-5-15-10/h1-5,7H,6H2,(H2,12,13). The van der Waals surface area contributed by atoms with Crippen LogP contribution in [0.5, 0.6) is 0 Å². The van der Waals surface area contributed by atoms with Crippen LogP contribution in [0.25, 0.3) is 0 Å². The lowest BCUT2D eigenvalue weighted by Crippen LogP contribution is -2.02. The molecule has 0 bridgehead atoms. The summed E-state index contributed by atoms with van der Waals surface area (Å²) in [5, 5.41) is 1.90. The lowest BCUT2D eigenvalue weighted by Gasteiger charge is -1.99. The Kier molecular flexibility index (Phi) is 2.78. The van der Waals surface area contributed by atoms with E-state index in [1.807, 2.05) is 23.6 Å². The Bertz CT molecular complexity index is 465. The van der Waals surface area contributed by atoms with Gasteiger partial charge in [0.2, 0.25) is 0 Å². The summed E-state index contributed by atoms with van der Waals surface area (Å²) in [5.74, 6) is 0.571. The van der Waals surface area contributed by atoms with Crippen molar-refractivity contribution < 1.29 is 4.79 Å². The van der Waals surface area contributed by atoms with Crippen molar-refractivity contribution in [2.75, 3.05) is 5.73 Å². The van der Waals surface area contributed by atoms with Crippen LogP contribution >= 0.6 is 11.3 Å². The minimum absolute atomic E-state index is 0.121. The van der Waals surface area contributed by atoms with E-state index in [0.717, 1.165) is 10.4 Å². The number of nitrogen functional groups attached to an aromatic ring is 1. The lowest BCUT2D eigenvalue weighted by atomic mass is 10.1. The van der Waals surface area contributed by atoms with Crippen LogP contribution in [0.4, 0.5) is 5.82 Å². The topological polar surface area (TPSA) is 56.0 Å². The molecule has 15 heavy (non-hydrogen) atoms. The molecule has 0 amide bonds. The number of rotatable bonds is 3. The average Bonchev–Trinajstić information content (AvgIpc) is 2.70. The number of thiophene rings is 1. The van der Waals surface area contributed by atoms with Crippen LogP contribution in [0.1, 0.15) is 15.2 Å². The highest BCUT2D eigenvalue weighted by Gasteiger charge is 2.07. The van der Waals surface area contributed by atoms with Crippen LogP contribution < -0.4 is 5.73 Å². The van der Waals surface area contributed by atoms with Gasteiger partial charge in [0.15, 0.2) is 5.78 Å². The van der Waals surface area contributed by atoms with E-state index in [-0.39, 0.29) is 5.78 Å². The highest BCUT2D eigenvalue weighted by molar-refractivity contribution is 7.12. The van der Waals surface area contributed by atoms with Gasteiger partial charge in [0, 0.05) is 12.6 Å². The van der Waals surface area contributed by atoms with Crippen LogP contribution in [0, 0.1) is 0 Å². The summed E-state index contributed by atoms with van der Waals surface area (Å²) in [6.45, 7) is 0. The van der Waals surface area contributed by atoms with Gasteiger partial charge in [-0.25, -0.2) is 4.98 Å². The molecule has 0 aliphatic rings. The summed E-state index contributed by atoms with van der Waals surface area (Å²) < 4.78 is 0. The van der Waals surface area contributed by atoms with Crippen molar-refractivity contribution in [3.8, 4) is 0 Å². The zero-order valence-corrected chi connectivity index (χ0v) is 8.83. The molecule has 0 aromatic carbocycles. The molecule has 0 aliphatic heterocycles. The normalized spacial score (nSPS) is 10.1. The highest BCUT2D eigenvalue weighted by Crippen LogP contribution is 2.13. The second kappa shape index (κ2) is 4.23. The van der Waals surface area contributed by atoms with E-state index < -0.39 is 0 Å². The van der Waals surface area contributed by atoms with Gasteiger partial charge in [-0.05, 0) is 29.1 Å². The maximum atomic E-state index is 11.7. The number of carbonyl (C=O) groups is 1. The fourth-order valence-electron chi connectivity index (χ4n) is 1.31. The van der Waals surface area contributed by atoms with Gasteiger partial charge < -0.3 is 5.73 Å². The van der Waals surface area contributed by atoms with E-state index in [1.54, 1.807) is 12.3 Å². The summed E-state index contributed by atoms with van der Waals surface area (Å²) in [6, 6.07) is 7.24. The van der Waals surface area contributed by atoms with Gasteiger partial charge in [0.1, 0.15) is 5.82 Å². The maximum Gasteiger partial charge on any atom is 0.177 e. The van der Waals surface area contributed by atoms with E-state index in [9.17, 15) is 4.79 Å². The SMILES string of the molecule is Nc1cc(CC(=O)c2cccs2)ccn1. The molecule has 0 saturated heterocycles. The third kappa shape index (κ3) is 2.41. The fourth-order valence-corrected chi connectivity index (χ4v) is 1.98. The summed E-state index contributed by atoms with van der Waals surface area (Å²) in [6.07, 6.45) is 2.00. The molecule has 0 fully saturated rings. The van der Waals surface area contributed by atoms with Crippen LogP contribution in [-0.2, 0) is 6.42 Å². The predicted molar refractivity (Wildman–Crippen MR) is 61.0 cm³/mol. The zero-order chi connectivity index (χ0) is 10.7. The second-order valence-electron chi connectivity index (χ2n) is 3.17. The van der Waals surface area contributed by atoms with Crippen molar-refractivity contribution in [2.24, 2.45) is 0 Å². The second-order valence-corrected chi connectivity index (χ2v) is 4.11. The van der Waals surface area contributed by atoms with E-state index in [2.05, 4.69) is 4.98 Å². The van der Waals surface area contributed by atoms with E-state index >= 15 is 0 Å². The number of carbonyl (C=O) groups excluding carboxylic acids is 1. The molecule has 2 aromatic heterocycles. The highest BCUT2D eigenvalue weighted by atomic mass is 32.1. The van der Waals surface area contributed by atoms with E-state index in [4.69, 9.17) is 5.73 Å². The van der Waals surface area contributed by atoms with Crippen molar-refractivity contribution in [1.82, 2.24) is 4.98 Å². The lowest BCUT2D eigenvalue weighted by molar-refractivity contribution is 0.0997. The number of hydrogen-bond acceptors (Lipinski definition) is 4. The van der Waals surface area contributed by atoms with Gasteiger partial charge >= 0.3 is 0 Å². The van der Waals surface area contributed by atoms with Crippen molar-refractivity contribution in [2.45, 2.75) is 6.42 Å². The smallest absolute Gasteiger partial charge is 0.177 e. The molecule has 4 heteroatoms. The number of nitrogens with zero attached hydrogens (tertiary/aromatic N) is 1. The van der Waals surface area contributed by atoms with E-state index in [0.29, 0.717) is 12.2 Å². The van der Waals surface area contributed by atoms with Gasteiger partial charge in [-0.1, -0.05) is 6.07 Å². The summed E-state index contributed by atoms with van der Waals surface area (Å²) in [7, 11) is 0. The molecule has 0 saturated carbocycles. The van der Waals surface area contributed by atoms with Crippen LogP contribution in [-0.4, -0.2) is 10.8 Å². The van der Waals surface area contributed by atoms with Crippen molar-refractivity contribution in [3.05, 3.63) is 46.3 Å². The van der Waals surface area contributed by atoms with Gasteiger partial charge in [0.05, 0.1) is 4.88 Å². The summed E-state index contributed by atoms with van der Waals surface area (Å²) in [5.41, 5.74) is 6.44. The molecule has 2 N–H and O–H groups in total. The number of hydrogen-bond donors (Lipinski definition) is 1. The van der Waals surface area contributed by atoms with Crippen LogP contribution in [0.2, 0.25) is 0 Å². The quantitative estimate of drug-likeness (QED) is 0.803. The fraction of sp³-hybridized carbons (Fsp3) is 0.0909. The molecule has 0 unspecified atom stereocenters. The van der Waals surface area contributed by atoms with Gasteiger partial charge in [-0.15, -0.1) is 11.3 Å². The number of aromatic nitrogens is 1. The molecular formula is C11H10N2OS. The number of nitrogens with two attached hydrogens (primary N) is 1. The van der Waals surface area contributed by atoms with E-state index in [1.165, 1.54) is 11.3 Å². The third-order valence-corrected chi connectivity index (χ3v) is 2.92. The largest absolute Gasteiger partial charge is 0.384 e. The zero-order valence-electron chi connectivity index (χ0n) is 8.01. The van der Waals surface area contributed by atoms with Crippen molar-refractivity contribution in [1.29, 1.82) is 0 Å². The predicted octanol–water partition coefficient (Wildman–Crippen LogP) is 2.15. The Labute approximate surface area is 91.6 Å². The summed E-state index contributed by atoms with van der Waals surface area (Å²) >= 11 is 1.46. The monoisotopic (exact) mass is 218 g/mol. The molecular weight excluding hydrogens is 208 g/mol. The van der Waals surface area contributed by atoms with Crippen molar-refractivity contribution >= 4 is 22.9 Å². The molecule has 2 aromatic rings. The Morgan fingerprint density at radius 3 is 3.00 bits per heavy atom. The van der Waals surface area contributed by atoms with Gasteiger partial charge in [-0.3, -0.25) is 4.79 Å². The first-order chi connectivity index (χ1) is 7.25. The van der Waals surface area contributed by atoms with Gasteiger partial charge in [0.25, 0.3) is 0 Å². The average molecular weight is 218 g/mol. The number of pyridine rings is 1. The number of ketones is 1. The Morgan fingerprint density at radius 1 is 1.47 bits per heavy atom. The molecule has 0 radical (unpaired) electrons. The Hall–Kier alpha value is -1.68. The minimum atomic E-state index is 0.121. The first kappa shape index (κ1) is 9.86. The van der Waals surface area contributed by atoms with Gasteiger partial charge in [-0.2, -0.15) is 0 Å². The molecule has 2 rings (SSSR count). The first-order valence-electron chi connectivity index (χ1n) is 4.53. The number of anilines is 1. The molecule has 0 spiro atoms. The Balaban J connectivity index is 2.13. The Morgan fingerprint density at radius 2 is 2.33 bits per heavy atom. The summed E-state index contributed by atoms with van der Waals surface area (Å²) in [4.78, 5) is 16.4. The number of Topliss-reactive ketones (excluding diaryl/α,β-unsaturated/α-hetero) is 1. The third-order valence-electron chi connectivity index (χ3n) is 2.01. The molecule has 3 nitrogen and oxygen atoms in total. The van der Waals surface area contributed by atoms with Crippen LogP contribution in [0.15, 0.2) is 35.8 Å². The molecule has 76 valence electrons. The molecule has 0 atom stereocenters. The molecule has 0 aliphatic carbocycles. The van der Waals surface area contributed by atoms with Crippen LogP contribution in [0.3, 0.4) is 0 Å². The minimum Gasteiger partial charge on any atom is -0.384 e. The maximum absolute atomic E-state index is 11.7. The van der Waals surface area contributed by atoms with Crippen molar-refractivity contribution in [3.63, 3.8) is 0 Å². The first-order valence-corrected chi connectivity index (χ1v) is 5.41. The molecule has 2 heterocycles.